The SMILES string of the molecule is CC(C)C12CCC(C)(CC1)[C@H](OC(=O)c1ccc(C(C)(C)C)cc1)[C@@H]2OC(=O)c1ccc(C(C)(C)C)cc1. The Morgan fingerprint density at radius 2 is 1.05 bits per heavy atom. The molecular formula is C34H46O4. The van der Waals surface area contributed by atoms with Crippen molar-refractivity contribution >= 4 is 11.9 Å². The van der Waals surface area contributed by atoms with Crippen LogP contribution in [-0.4, -0.2) is 24.1 Å². The fraction of sp³-hybridized carbons (Fsp3) is 0.588. The Labute approximate surface area is 229 Å². The lowest BCUT2D eigenvalue weighted by molar-refractivity contribution is -0.210. The molecule has 0 radical (unpaired) electrons. The van der Waals surface area contributed by atoms with Gasteiger partial charge in [-0.25, -0.2) is 9.59 Å². The molecule has 38 heavy (non-hydrogen) atoms. The Balaban J connectivity index is 1.62. The lowest BCUT2D eigenvalue weighted by Crippen LogP contribution is -2.64. The van der Waals surface area contributed by atoms with Gasteiger partial charge in [0.05, 0.1) is 11.1 Å². The van der Waals surface area contributed by atoms with Gasteiger partial charge in [0.15, 0.2) is 0 Å². The summed E-state index contributed by atoms with van der Waals surface area (Å²) in [4.78, 5) is 26.9. The Morgan fingerprint density at radius 1 is 0.684 bits per heavy atom. The normalized spacial score (nSPS) is 27.3. The molecule has 3 aliphatic rings. The van der Waals surface area contributed by atoms with Gasteiger partial charge in [-0.15, -0.1) is 0 Å². The minimum absolute atomic E-state index is 0.00559. The zero-order valence-corrected chi connectivity index (χ0v) is 24.8. The molecular weight excluding hydrogens is 472 g/mol. The van der Waals surface area contributed by atoms with Gasteiger partial charge in [0.2, 0.25) is 0 Å². The average Bonchev–Trinajstić information content (AvgIpc) is 2.85. The van der Waals surface area contributed by atoms with Gasteiger partial charge in [-0.05, 0) is 77.8 Å². The number of carbonyl (C=O) groups excluding carboxylic acids is 2. The summed E-state index contributed by atoms with van der Waals surface area (Å²) in [5.41, 5.74) is 2.98. The maximum atomic E-state index is 13.5. The first-order chi connectivity index (χ1) is 17.6. The van der Waals surface area contributed by atoms with Crippen molar-refractivity contribution in [3.05, 3.63) is 70.8 Å². The second kappa shape index (κ2) is 9.84. The molecule has 3 aliphatic carbocycles. The zero-order valence-electron chi connectivity index (χ0n) is 24.8. The molecule has 0 aliphatic heterocycles. The van der Waals surface area contributed by atoms with Gasteiger partial charge in [0, 0.05) is 10.8 Å². The van der Waals surface area contributed by atoms with Crippen LogP contribution >= 0.6 is 0 Å². The molecule has 0 unspecified atom stereocenters. The van der Waals surface area contributed by atoms with Crippen LogP contribution in [0.2, 0.25) is 0 Å². The summed E-state index contributed by atoms with van der Waals surface area (Å²) < 4.78 is 12.7. The molecule has 206 valence electrons. The smallest absolute Gasteiger partial charge is 0.338 e. The first kappa shape index (κ1) is 28.4. The Kier molecular flexibility index (Phi) is 7.35. The van der Waals surface area contributed by atoms with E-state index in [0.29, 0.717) is 17.0 Å². The van der Waals surface area contributed by atoms with Crippen molar-refractivity contribution in [1.82, 2.24) is 0 Å². The molecule has 0 aromatic heterocycles. The van der Waals surface area contributed by atoms with E-state index < -0.39 is 12.2 Å². The molecule has 2 atom stereocenters. The van der Waals surface area contributed by atoms with E-state index in [-0.39, 0.29) is 33.6 Å². The largest absolute Gasteiger partial charge is 0.454 e. The fourth-order valence-electron chi connectivity index (χ4n) is 6.39. The van der Waals surface area contributed by atoms with Crippen molar-refractivity contribution in [3.8, 4) is 0 Å². The maximum absolute atomic E-state index is 13.5. The van der Waals surface area contributed by atoms with Gasteiger partial charge in [0.25, 0.3) is 0 Å². The number of hydrogen-bond donors (Lipinski definition) is 0. The van der Waals surface area contributed by atoms with E-state index in [2.05, 4.69) is 62.3 Å². The lowest BCUT2D eigenvalue weighted by atomic mass is 9.48. The topological polar surface area (TPSA) is 52.6 Å². The molecule has 2 aromatic carbocycles. The van der Waals surface area contributed by atoms with Crippen molar-refractivity contribution in [2.75, 3.05) is 0 Å². The van der Waals surface area contributed by atoms with Crippen LogP contribution in [0.1, 0.15) is 120 Å². The monoisotopic (exact) mass is 518 g/mol. The summed E-state index contributed by atoms with van der Waals surface area (Å²) in [6.45, 7) is 19.5. The van der Waals surface area contributed by atoms with Crippen LogP contribution in [0.4, 0.5) is 0 Å². The number of hydrogen-bond acceptors (Lipinski definition) is 4. The summed E-state index contributed by atoms with van der Waals surface area (Å²) in [7, 11) is 0. The quantitative estimate of drug-likeness (QED) is 0.374. The van der Waals surface area contributed by atoms with Gasteiger partial charge in [-0.2, -0.15) is 0 Å². The third-order valence-electron chi connectivity index (χ3n) is 9.44. The van der Waals surface area contributed by atoms with E-state index in [1.54, 1.807) is 0 Å². The van der Waals surface area contributed by atoms with Gasteiger partial charge in [-0.1, -0.05) is 86.6 Å². The number of ether oxygens (including phenoxy) is 2. The van der Waals surface area contributed by atoms with E-state index in [0.717, 1.165) is 25.7 Å². The molecule has 4 nitrogen and oxygen atoms in total. The van der Waals surface area contributed by atoms with E-state index in [4.69, 9.17) is 9.47 Å². The van der Waals surface area contributed by atoms with Crippen molar-refractivity contribution in [3.63, 3.8) is 0 Å². The van der Waals surface area contributed by atoms with Crippen LogP contribution in [0.25, 0.3) is 0 Å². The number of benzene rings is 2. The highest BCUT2D eigenvalue weighted by molar-refractivity contribution is 5.90. The molecule has 0 heterocycles. The second-order valence-corrected chi connectivity index (χ2v) is 14.3. The van der Waals surface area contributed by atoms with Crippen LogP contribution in [-0.2, 0) is 20.3 Å². The first-order valence-corrected chi connectivity index (χ1v) is 14.2. The zero-order chi connectivity index (χ0) is 28.1. The van der Waals surface area contributed by atoms with Crippen molar-refractivity contribution in [1.29, 1.82) is 0 Å². The Morgan fingerprint density at radius 3 is 1.39 bits per heavy atom. The van der Waals surface area contributed by atoms with Gasteiger partial charge < -0.3 is 9.47 Å². The number of carbonyl (C=O) groups is 2. The fourth-order valence-corrected chi connectivity index (χ4v) is 6.39. The summed E-state index contributed by atoms with van der Waals surface area (Å²) >= 11 is 0. The predicted octanol–water partition coefficient (Wildman–Crippen LogP) is 8.27. The van der Waals surface area contributed by atoms with Crippen LogP contribution < -0.4 is 0 Å². The maximum Gasteiger partial charge on any atom is 0.338 e. The van der Waals surface area contributed by atoms with Crippen LogP contribution in [0.5, 0.6) is 0 Å². The third kappa shape index (κ3) is 5.28. The van der Waals surface area contributed by atoms with Crippen LogP contribution in [0.15, 0.2) is 48.5 Å². The highest BCUT2D eigenvalue weighted by atomic mass is 16.6. The van der Waals surface area contributed by atoms with Crippen LogP contribution in [0.3, 0.4) is 0 Å². The summed E-state index contributed by atoms with van der Waals surface area (Å²) in [6.07, 6.45) is 2.88. The Bertz CT molecular complexity index is 1150. The van der Waals surface area contributed by atoms with Gasteiger partial charge in [0.1, 0.15) is 12.2 Å². The standard InChI is InChI=1S/C34H46O4/c1-22(2)34-20-18-33(9,19-21-34)27(37-29(35)23-10-14-25(15-11-23)31(3,4)5)28(34)38-30(36)24-12-16-26(17-13-24)32(6,7)8/h10-17,22,27-28H,18-21H2,1-9H3/t27-,28+,33?,34?/m1/s1. The highest BCUT2D eigenvalue weighted by Gasteiger charge is 2.63. The van der Waals surface area contributed by atoms with Crippen molar-refractivity contribution in [2.24, 2.45) is 16.7 Å². The number of rotatable bonds is 5. The van der Waals surface area contributed by atoms with E-state index in [1.807, 2.05) is 48.5 Å². The molecule has 2 bridgehead atoms. The van der Waals surface area contributed by atoms with Gasteiger partial charge in [-0.3, -0.25) is 0 Å². The molecule has 3 fully saturated rings. The molecule has 0 saturated heterocycles. The lowest BCUT2D eigenvalue weighted by Gasteiger charge is -2.61. The molecule has 0 amide bonds. The van der Waals surface area contributed by atoms with Crippen molar-refractivity contribution in [2.45, 2.75) is 111 Å². The first-order valence-electron chi connectivity index (χ1n) is 14.2. The van der Waals surface area contributed by atoms with E-state index >= 15 is 0 Å². The van der Waals surface area contributed by atoms with E-state index in [1.165, 1.54) is 11.1 Å². The van der Waals surface area contributed by atoms with Gasteiger partial charge >= 0.3 is 11.9 Å². The number of esters is 2. The average molecular weight is 519 g/mol. The summed E-state index contributed by atoms with van der Waals surface area (Å²) in [6, 6.07) is 15.4. The third-order valence-corrected chi connectivity index (χ3v) is 9.44. The van der Waals surface area contributed by atoms with Crippen molar-refractivity contribution < 1.29 is 19.1 Å². The predicted molar refractivity (Wildman–Crippen MR) is 153 cm³/mol. The minimum Gasteiger partial charge on any atom is -0.454 e. The molecule has 2 aromatic rings. The van der Waals surface area contributed by atoms with E-state index in [9.17, 15) is 9.59 Å². The highest BCUT2D eigenvalue weighted by Crippen LogP contribution is 2.61. The minimum atomic E-state index is -0.486. The summed E-state index contributed by atoms with van der Waals surface area (Å²) in [5, 5.41) is 0. The Hall–Kier alpha value is -2.62. The van der Waals surface area contributed by atoms with Crippen LogP contribution in [0, 0.1) is 16.7 Å². The molecule has 5 rings (SSSR count). The number of fused-ring (bicyclic) bond motifs is 3. The molecule has 4 heteroatoms. The molecule has 0 N–H and O–H groups in total. The molecule has 3 saturated carbocycles. The second-order valence-electron chi connectivity index (χ2n) is 14.3. The summed E-state index contributed by atoms with van der Waals surface area (Å²) in [5.74, 6) is -0.401. The molecule has 0 spiro atoms.